The number of rotatable bonds is 1. The molecule has 1 saturated heterocycles. The fourth-order valence-corrected chi connectivity index (χ4v) is 1.86. The van der Waals surface area contributed by atoms with E-state index in [1.165, 1.54) is 0 Å². The van der Waals surface area contributed by atoms with Crippen molar-refractivity contribution in [3.05, 3.63) is 11.2 Å². The van der Waals surface area contributed by atoms with Gasteiger partial charge in [-0.2, -0.15) is 5.10 Å². The molecule has 0 aliphatic carbocycles. The Morgan fingerprint density at radius 2 is 2.40 bits per heavy atom. The Morgan fingerprint density at radius 1 is 1.60 bits per heavy atom. The van der Waals surface area contributed by atoms with Crippen molar-refractivity contribution in [2.45, 2.75) is 25.3 Å². The lowest BCUT2D eigenvalue weighted by Gasteiger charge is -2.12. The molecule has 1 aromatic heterocycles. The van der Waals surface area contributed by atoms with Crippen LogP contribution < -0.4 is 11.1 Å². The Balaban J connectivity index is 2.24. The maximum absolute atomic E-state index is 11.7. The van der Waals surface area contributed by atoms with Gasteiger partial charge in [-0.15, -0.1) is 0 Å². The van der Waals surface area contributed by atoms with Crippen molar-refractivity contribution in [2.24, 2.45) is 0 Å². The highest BCUT2D eigenvalue weighted by atomic mass is 35.5. The van der Waals surface area contributed by atoms with E-state index in [0.717, 1.165) is 25.8 Å². The van der Waals surface area contributed by atoms with E-state index in [-0.39, 0.29) is 17.8 Å². The highest BCUT2D eigenvalue weighted by molar-refractivity contribution is 6.32. The van der Waals surface area contributed by atoms with Gasteiger partial charge < -0.3 is 11.1 Å². The van der Waals surface area contributed by atoms with E-state index in [1.54, 1.807) is 10.9 Å². The smallest absolute Gasteiger partial charge is 0.244 e. The summed E-state index contributed by atoms with van der Waals surface area (Å²) in [6, 6.07) is -0.276. The summed E-state index contributed by atoms with van der Waals surface area (Å²) in [6.45, 7) is 0.736. The number of nitrogens with one attached hydrogen (secondary N) is 1. The van der Waals surface area contributed by atoms with Crippen LogP contribution in [0, 0.1) is 0 Å². The molecule has 0 saturated carbocycles. The Morgan fingerprint density at radius 3 is 3.07 bits per heavy atom. The third kappa shape index (κ3) is 2.07. The molecule has 15 heavy (non-hydrogen) atoms. The van der Waals surface area contributed by atoms with E-state index >= 15 is 0 Å². The molecule has 2 heterocycles. The summed E-state index contributed by atoms with van der Waals surface area (Å²) in [6.07, 6.45) is 4.39. The minimum atomic E-state index is -0.276. The molecule has 1 aliphatic rings. The van der Waals surface area contributed by atoms with E-state index in [1.807, 2.05) is 0 Å². The number of hydrogen-bond donors (Lipinski definition) is 2. The van der Waals surface area contributed by atoms with Crippen LogP contribution in [0.25, 0.3) is 0 Å². The largest absolute Gasteiger partial charge is 0.381 e. The lowest BCUT2D eigenvalue weighted by atomic mass is 10.1. The molecule has 1 fully saturated rings. The fraction of sp³-hybridized carbons (Fsp3) is 0.556. The van der Waals surface area contributed by atoms with Crippen molar-refractivity contribution in [3.63, 3.8) is 0 Å². The number of hydrogen-bond acceptors (Lipinski definition) is 3. The quantitative estimate of drug-likeness (QED) is 0.752. The zero-order valence-electron chi connectivity index (χ0n) is 8.24. The van der Waals surface area contributed by atoms with Gasteiger partial charge in [0.25, 0.3) is 0 Å². The number of amides is 1. The second-order valence-corrected chi connectivity index (χ2v) is 4.05. The Bertz CT molecular complexity index is 357. The van der Waals surface area contributed by atoms with Crippen molar-refractivity contribution in [3.8, 4) is 0 Å². The van der Waals surface area contributed by atoms with E-state index in [4.69, 9.17) is 17.3 Å². The molecule has 0 aromatic carbocycles. The molecule has 0 spiro atoms. The third-order valence-electron chi connectivity index (χ3n) is 2.54. The van der Waals surface area contributed by atoms with Gasteiger partial charge in [0, 0.05) is 12.7 Å². The Kier molecular flexibility index (Phi) is 2.81. The summed E-state index contributed by atoms with van der Waals surface area (Å²) in [4.78, 5) is 11.7. The molecule has 1 aromatic rings. The number of nitrogens with two attached hydrogens (primary N) is 1. The molecule has 5 nitrogen and oxygen atoms in total. The first-order valence-electron chi connectivity index (χ1n) is 4.96. The summed E-state index contributed by atoms with van der Waals surface area (Å²) in [5.74, 6) is 0.264. The van der Waals surface area contributed by atoms with Crippen LogP contribution in [0.5, 0.6) is 0 Å². The number of anilines is 1. The minimum Gasteiger partial charge on any atom is -0.381 e. The van der Waals surface area contributed by atoms with Crippen molar-refractivity contribution in [2.75, 3.05) is 12.3 Å². The van der Waals surface area contributed by atoms with Gasteiger partial charge in [0.2, 0.25) is 5.91 Å². The molecule has 6 heteroatoms. The predicted molar refractivity (Wildman–Crippen MR) is 57.5 cm³/mol. The van der Waals surface area contributed by atoms with Gasteiger partial charge in [0.15, 0.2) is 5.82 Å². The SMILES string of the molecule is Nc1nn(C2CCCCNC2=O)cc1Cl. The number of carbonyl (C=O) groups is 1. The molecular weight excluding hydrogens is 216 g/mol. The lowest BCUT2D eigenvalue weighted by Crippen LogP contribution is -2.31. The van der Waals surface area contributed by atoms with E-state index in [2.05, 4.69) is 10.4 Å². The van der Waals surface area contributed by atoms with Gasteiger partial charge >= 0.3 is 0 Å². The summed E-state index contributed by atoms with van der Waals surface area (Å²) in [5, 5.41) is 7.26. The molecule has 0 radical (unpaired) electrons. The predicted octanol–water partition coefficient (Wildman–Crippen LogP) is 0.960. The van der Waals surface area contributed by atoms with E-state index < -0.39 is 0 Å². The first-order chi connectivity index (χ1) is 7.18. The molecule has 1 unspecified atom stereocenters. The van der Waals surface area contributed by atoms with Crippen molar-refractivity contribution in [1.82, 2.24) is 15.1 Å². The Hall–Kier alpha value is -1.23. The maximum atomic E-state index is 11.7. The molecule has 2 rings (SSSR count). The number of halogens is 1. The van der Waals surface area contributed by atoms with Gasteiger partial charge in [-0.1, -0.05) is 11.6 Å². The van der Waals surface area contributed by atoms with Gasteiger partial charge in [-0.25, -0.2) is 0 Å². The number of nitrogen functional groups attached to an aromatic ring is 1. The molecule has 1 atom stereocenters. The molecule has 1 aliphatic heterocycles. The van der Waals surface area contributed by atoms with Crippen molar-refractivity contribution in [1.29, 1.82) is 0 Å². The van der Waals surface area contributed by atoms with Crippen LogP contribution in [-0.4, -0.2) is 22.2 Å². The minimum absolute atomic E-state index is 0.00772. The summed E-state index contributed by atoms with van der Waals surface area (Å²) >= 11 is 5.80. The molecule has 1 amide bonds. The highest BCUT2D eigenvalue weighted by Crippen LogP contribution is 2.22. The number of nitrogens with zero attached hydrogens (tertiary/aromatic N) is 2. The number of aromatic nitrogens is 2. The standard InChI is InChI=1S/C9H13ClN4O/c10-6-5-14(13-8(6)11)7-3-1-2-4-12-9(7)15/h5,7H,1-4H2,(H2,11,13)(H,12,15). The molecule has 3 N–H and O–H groups in total. The zero-order chi connectivity index (χ0) is 10.8. The third-order valence-corrected chi connectivity index (χ3v) is 2.83. The van der Waals surface area contributed by atoms with Crippen LogP contribution in [0.4, 0.5) is 5.82 Å². The summed E-state index contributed by atoms with van der Waals surface area (Å²) in [5.41, 5.74) is 5.54. The van der Waals surface area contributed by atoms with Crippen LogP contribution >= 0.6 is 11.6 Å². The van der Waals surface area contributed by atoms with Crippen LogP contribution in [0.2, 0.25) is 5.02 Å². The maximum Gasteiger partial charge on any atom is 0.244 e. The molecule has 82 valence electrons. The topological polar surface area (TPSA) is 72.9 Å². The first kappa shape index (κ1) is 10.3. The monoisotopic (exact) mass is 228 g/mol. The second kappa shape index (κ2) is 4.10. The van der Waals surface area contributed by atoms with Crippen molar-refractivity contribution >= 4 is 23.3 Å². The fourth-order valence-electron chi connectivity index (χ4n) is 1.72. The zero-order valence-corrected chi connectivity index (χ0v) is 9.00. The van der Waals surface area contributed by atoms with Gasteiger partial charge in [-0.3, -0.25) is 9.48 Å². The Labute approximate surface area is 92.6 Å². The van der Waals surface area contributed by atoms with Crippen LogP contribution in [0.15, 0.2) is 6.20 Å². The number of carbonyl (C=O) groups excluding carboxylic acids is 1. The average Bonchev–Trinajstić information content (AvgIpc) is 2.41. The summed E-state index contributed by atoms with van der Waals surface area (Å²) < 4.78 is 1.55. The van der Waals surface area contributed by atoms with Gasteiger partial charge in [-0.05, 0) is 19.3 Å². The van der Waals surface area contributed by atoms with Crippen molar-refractivity contribution < 1.29 is 4.79 Å². The lowest BCUT2D eigenvalue weighted by molar-refractivity contribution is -0.124. The van der Waals surface area contributed by atoms with Gasteiger partial charge in [0.05, 0.1) is 0 Å². The molecule has 0 bridgehead atoms. The average molecular weight is 229 g/mol. The second-order valence-electron chi connectivity index (χ2n) is 3.64. The normalized spacial score (nSPS) is 22.2. The van der Waals surface area contributed by atoms with Crippen LogP contribution in [0.1, 0.15) is 25.3 Å². The first-order valence-corrected chi connectivity index (χ1v) is 5.34. The van der Waals surface area contributed by atoms with Gasteiger partial charge in [0.1, 0.15) is 11.1 Å². The van der Waals surface area contributed by atoms with E-state index in [0.29, 0.717) is 5.02 Å². The van der Waals surface area contributed by atoms with Crippen LogP contribution in [-0.2, 0) is 4.79 Å². The highest BCUT2D eigenvalue weighted by Gasteiger charge is 2.23. The molecular formula is C9H13ClN4O. The van der Waals surface area contributed by atoms with E-state index in [9.17, 15) is 4.79 Å². The summed E-state index contributed by atoms with van der Waals surface area (Å²) in [7, 11) is 0. The van der Waals surface area contributed by atoms with Crippen LogP contribution in [0.3, 0.4) is 0 Å².